The summed E-state index contributed by atoms with van der Waals surface area (Å²) < 4.78 is 37.7. The molecule has 0 atom stereocenters. The minimum atomic E-state index is -4.35. The monoisotopic (exact) mass is 275 g/mol. The quantitative estimate of drug-likeness (QED) is 0.837. The zero-order valence-electron chi connectivity index (χ0n) is 11.2. The molecule has 0 saturated heterocycles. The van der Waals surface area contributed by atoms with Gasteiger partial charge in [0.1, 0.15) is 5.82 Å². The van der Waals surface area contributed by atoms with Crippen LogP contribution in [-0.4, -0.2) is 18.1 Å². The molecule has 0 aromatic carbocycles. The Labute approximate surface area is 111 Å². The summed E-state index contributed by atoms with van der Waals surface area (Å²) in [5, 5.41) is 2.96. The van der Waals surface area contributed by atoms with Crippen LogP contribution < -0.4 is 11.1 Å². The van der Waals surface area contributed by atoms with Crippen molar-refractivity contribution in [2.75, 3.05) is 18.4 Å². The predicted octanol–water partition coefficient (Wildman–Crippen LogP) is 3.28. The summed E-state index contributed by atoms with van der Waals surface area (Å²) in [6.07, 6.45) is -1.45. The molecule has 1 aromatic heterocycles. The molecule has 6 heteroatoms. The number of hydrogen-bond donors (Lipinski definition) is 2. The van der Waals surface area contributed by atoms with E-state index in [0.29, 0.717) is 13.1 Å². The van der Waals surface area contributed by atoms with Crippen LogP contribution in [0.5, 0.6) is 0 Å². The lowest BCUT2D eigenvalue weighted by Gasteiger charge is -2.30. The molecule has 0 spiro atoms. The number of nitrogens with one attached hydrogen (secondary N) is 1. The van der Waals surface area contributed by atoms with Gasteiger partial charge >= 0.3 is 6.18 Å². The SMILES string of the molecule is CCC(CC)(CN)CNc1cc(C(F)(F)F)ccn1. The summed E-state index contributed by atoms with van der Waals surface area (Å²) in [5.41, 5.74) is 4.95. The zero-order chi connectivity index (χ0) is 14.5. The van der Waals surface area contributed by atoms with Gasteiger partial charge in [-0.15, -0.1) is 0 Å². The third-order valence-electron chi connectivity index (χ3n) is 3.66. The van der Waals surface area contributed by atoms with Gasteiger partial charge in [0.05, 0.1) is 5.56 Å². The molecule has 0 aliphatic heterocycles. The first-order chi connectivity index (χ1) is 8.87. The molecule has 0 unspecified atom stereocenters. The number of alkyl halides is 3. The van der Waals surface area contributed by atoms with E-state index in [1.54, 1.807) is 0 Å². The van der Waals surface area contributed by atoms with Crippen molar-refractivity contribution in [3.8, 4) is 0 Å². The second-order valence-corrected chi connectivity index (χ2v) is 4.69. The predicted molar refractivity (Wildman–Crippen MR) is 69.8 cm³/mol. The molecule has 0 amide bonds. The Morgan fingerprint density at radius 2 is 1.89 bits per heavy atom. The molecule has 0 saturated carbocycles. The topological polar surface area (TPSA) is 50.9 Å². The molecule has 1 aromatic rings. The van der Waals surface area contributed by atoms with Gasteiger partial charge in [-0.1, -0.05) is 13.8 Å². The molecular formula is C13H20F3N3. The maximum absolute atomic E-state index is 12.6. The minimum absolute atomic E-state index is 0.101. The van der Waals surface area contributed by atoms with E-state index in [1.165, 1.54) is 0 Å². The Bertz CT molecular complexity index is 392. The van der Waals surface area contributed by atoms with Gasteiger partial charge in [-0.2, -0.15) is 13.2 Å². The van der Waals surface area contributed by atoms with Crippen molar-refractivity contribution in [1.29, 1.82) is 0 Å². The highest BCUT2D eigenvalue weighted by molar-refractivity contribution is 5.38. The van der Waals surface area contributed by atoms with Crippen molar-refractivity contribution in [1.82, 2.24) is 4.98 Å². The van der Waals surface area contributed by atoms with E-state index in [9.17, 15) is 13.2 Å². The van der Waals surface area contributed by atoms with E-state index >= 15 is 0 Å². The lowest BCUT2D eigenvalue weighted by molar-refractivity contribution is -0.137. The Hall–Kier alpha value is -1.30. The zero-order valence-corrected chi connectivity index (χ0v) is 11.2. The van der Waals surface area contributed by atoms with Crippen molar-refractivity contribution in [3.63, 3.8) is 0 Å². The van der Waals surface area contributed by atoms with E-state index in [4.69, 9.17) is 5.73 Å². The Morgan fingerprint density at radius 1 is 1.26 bits per heavy atom. The number of aromatic nitrogens is 1. The molecule has 19 heavy (non-hydrogen) atoms. The van der Waals surface area contributed by atoms with Crippen molar-refractivity contribution in [2.24, 2.45) is 11.1 Å². The summed E-state index contributed by atoms with van der Waals surface area (Å²) in [6, 6.07) is 1.98. The van der Waals surface area contributed by atoms with Crippen LogP contribution in [0.3, 0.4) is 0 Å². The van der Waals surface area contributed by atoms with Gasteiger partial charge in [0.2, 0.25) is 0 Å². The number of nitrogens with two attached hydrogens (primary N) is 1. The highest BCUT2D eigenvalue weighted by Gasteiger charge is 2.31. The fourth-order valence-corrected chi connectivity index (χ4v) is 1.84. The standard InChI is InChI=1S/C13H20F3N3/c1-3-12(4-2,8-17)9-19-11-7-10(5-6-18-11)13(14,15)16/h5-7H,3-4,8-9,17H2,1-2H3,(H,18,19). The van der Waals surface area contributed by atoms with E-state index < -0.39 is 11.7 Å². The molecule has 108 valence electrons. The summed E-state index contributed by atoms with van der Waals surface area (Å²) in [4.78, 5) is 3.91. The fourth-order valence-electron chi connectivity index (χ4n) is 1.84. The van der Waals surface area contributed by atoms with Crippen LogP contribution in [-0.2, 0) is 6.18 Å². The molecule has 0 aliphatic rings. The highest BCUT2D eigenvalue weighted by atomic mass is 19.4. The smallest absolute Gasteiger partial charge is 0.369 e. The van der Waals surface area contributed by atoms with Gasteiger partial charge in [0, 0.05) is 12.7 Å². The van der Waals surface area contributed by atoms with Gasteiger partial charge in [0.15, 0.2) is 0 Å². The lowest BCUT2D eigenvalue weighted by atomic mass is 9.82. The number of halogens is 3. The second kappa shape index (κ2) is 6.23. The number of nitrogens with zero attached hydrogens (tertiary/aromatic N) is 1. The third-order valence-corrected chi connectivity index (χ3v) is 3.66. The first-order valence-corrected chi connectivity index (χ1v) is 6.34. The van der Waals surface area contributed by atoms with E-state index in [2.05, 4.69) is 10.3 Å². The average molecular weight is 275 g/mol. The first-order valence-electron chi connectivity index (χ1n) is 6.34. The van der Waals surface area contributed by atoms with Gasteiger partial charge in [-0.05, 0) is 36.9 Å². The third kappa shape index (κ3) is 4.09. The molecule has 0 fully saturated rings. The van der Waals surface area contributed by atoms with Crippen LogP contribution in [0.15, 0.2) is 18.3 Å². The fraction of sp³-hybridized carbons (Fsp3) is 0.615. The van der Waals surface area contributed by atoms with Crippen LogP contribution in [0.2, 0.25) is 0 Å². The molecular weight excluding hydrogens is 255 g/mol. The average Bonchev–Trinajstić information content (AvgIpc) is 2.40. The molecule has 0 radical (unpaired) electrons. The van der Waals surface area contributed by atoms with Crippen molar-refractivity contribution >= 4 is 5.82 Å². The van der Waals surface area contributed by atoms with Crippen LogP contribution in [0.4, 0.5) is 19.0 Å². The lowest BCUT2D eigenvalue weighted by Crippen LogP contribution is -2.36. The Balaban J connectivity index is 2.78. The summed E-state index contributed by atoms with van der Waals surface area (Å²) in [7, 11) is 0. The summed E-state index contributed by atoms with van der Waals surface area (Å²) in [5.74, 6) is 0.231. The summed E-state index contributed by atoms with van der Waals surface area (Å²) in [6.45, 7) is 5.06. The maximum atomic E-state index is 12.6. The van der Waals surface area contributed by atoms with Crippen LogP contribution in [0.25, 0.3) is 0 Å². The van der Waals surface area contributed by atoms with Crippen LogP contribution >= 0.6 is 0 Å². The van der Waals surface area contributed by atoms with Gasteiger partial charge in [0.25, 0.3) is 0 Å². The van der Waals surface area contributed by atoms with Gasteiger partial charge < -0.3 is 11.1 Å². The van der Waals surface area contributed by atoms with Crippen LogP contribution in [0, 0.1) is 5.41 Å². The molecule has 1 rings (SSSR count). The number of pyridine rings is 1. The molecule has 3 N–H and O–H groups in total. The Kier molecular flexibility index (Phi) is 5.17. The van der Waals surface area contributed by atoms with Crippen molar-refractivity contribution in [2.45, 2.75) is 32.9 Å². The normalized spacial score (nSPS) is 12.5. The van der Waals surface area contributed by atoms with E-state index in [-0.39, 0.29) is 11.2 Å². The minimum Gasteiger partial charge on any atom is -0.369 e. The second-order valence-electron chi connectivity index (χ2n) is 4.69. The van der Waals surface area contributed by atoms with Gasteiger partial charge in [-0.3, -0.25) is 0 Å². The largest absolute Gasteiger partial charge is 0.416 e. The molecule has 0 bridgehead atoms. The Morgan fingerprint density at radius 3 is 2.37 bits per heavy atom. The highest BCUT2D eigenvalue weighted by Crippen LogP contribution is 2.30. The van der Waals surface area contributed by atoms with Gasteiger partial charge in [-0.25, -0.2) is 4.98 Å². The van der Waals surface area contributed by atoms with E-state index in [1.807, 2.05) is 13.8 Å². The molecule has 3 nitrogen and oxygen atoms in total. The van der Waals surface area contributed by atoms with Crippen LogP contribution in [0.1, 0.15) is 32.3 Å². The summed E-state index contributed by atoms with van der Waals surface area (Å²) >= 11 is 0. The molecule has 1 heterocycles. The maximum Gasteiger partial charge on any atom is 0.416 e. The van der Waals surface area contributed by atoms with E-state index in [0.717, 1.165) is 31.2 Å². The molecule has 0 aliphatic carbocycles. The number of rotatable bonds is 6. The van der Waals surface area contributed by atoms with Crippen molar-refractivity contribution in [3.05, 3.63) is 23.9 Å². The number of anilines is 1. The first kappa shape index (κ1) is 15.8. The number of hydrogen-bond acceptors (Lipinski definition) is 3. The van der Waals surface area contributed by atoms with Crippen molar-refractivity contribution < 1.29 is 13.2 Å².